The molecule has 0 aliphatic rings. The Bertz CT molecular complexity index is 1280. The summed E-state index contributed by atoms with van der Waals surface area (Å²) in [6.45, 7) is 0. The van der Waals surface area contributed by atoms with Crippen molar-refractivity contribution in [3.05, 3.63) is 77.7 Å². The van der Waals surface area contributed by atoms with E-state index in [9.17, 15) is 4.79 Å². The van der Waals surface area contributed by atoms with Crippen LogP contribution in [-0.4, -0.2) is 39.2 Å². The molecule has 0 N–H and O–H groups in total. The van der Waals surface area contributed by atoms with Crippen LogP contribution in [-0.2, 0) is 0 Å². The summed E-state index contributed by atoms with van der Waals surface area (Å²) in [5.74, 6) is 1.62. The molecule has 168 valence electrons. The molecule has 0 radical (unpaired) electrons. The highest BCUT2D eigenvalue weighted by molar-refractivity contribution is 6.32. The van der Waals surface area contributed by atoms with Gasteiger partial charge in [-0.25, -0.2) is 4.98 Å². The highest BCUT2D eigenvalue weighted by Gasteiger charge is 2.24. The minimum absolute atomic E-state index is 0.195. The lowest BCUT2D eigenvalue weighted by Gasteiger charge is -2.14. The van der Waals surface area contributed by atoms with Crippen LogP contribution in [0.15, 0.2) is 65.1 Å². The van der Waals surface area contributed by atoms with Crippen LogP contribution >= 0.6 is 0 Å². The summed E-state index contributed by atoms with van der Waals surface area (Å²) in [5, 5.41) is 0. The van der Waals surface area contributed by atoms with Crippen LogP contribution in [0.2, 0.25) is 0 Å². The lowest BCUT2D eigenvalue weighted by atomic mass is 9.99. The SMILES string of the molecule is COc1ccccc1C=C(C(=O)c1cc(OC)c(OC)c(OC)c1)c1nc2ccccc2o1. The molecule has 0 fully saturated rings. The first-order valence-electron chi connectivity index (χ1n) is 10.1. The van der Waals surface area contributed by atoms with Gasteiger partial charge in [-0.2, -0.15) is 0 Å². The van der Waals surface area contributed by atoms with Gasteiger partial charge >= 0.3 is 0 Å². The molecule has 0 atom stereocenters. The van der Waals surface area contributed by atoms with Gasteiger partial charge in [0.05, 0.1) is 34.0 Å². The predicted octanol–water partition coefficient (Wildman–Crippen LogP) is 5.29. The highest BCUT2D eigenvalue weighted by Crippen LogP contribution is 2.39. The number of carbonyl (C=O) groups excluding carboxylic acids is 1. The Morgan fingerprint density at radius 1 is 0.818 bits per heavy atom. The monoisotopic (exact) mass is 445 g/mol. The molecule has 0 aliphatic heterocycles. The first-order chi connectivity index (χ1) is 16.1. The van der Waals surface area contributed by atoms with E-state index in [1.54, 1.807) is 31.4 Å². The van der Waals surface area contributed by atoms with Crippen LogP contribution in [0.5, 0.6) is 23.0 Å². The van der Waals surface area contributed by atoms with Crippen molar-refractivity contribution in [1.29, 1.82) is 0 Å². The van der Waals surface area contributed by atoms with Crippen LogP contribution in [0, 0.1) is 0 Å². The zero-order chi connectivity index (χ0) is 23.4. The van der Waals surface area contributed by atoms with E-state index in [4.69, 9.17) is 23.4 Å². The third kappa shape index (κ3) is 4.25. The number of ether oxygens (including phenoxy) is 4. The van der Waals surface area contributed by atoms with E-state index >= 15 is 0 Å². The number of benzene rings is 3. The summed E-state index contributed by atoms with van der Waals surface area (Å²) in [7, 11) is 6.08. The average molecular weight is 445 g/mol. The number of ketones is 1. The number of nitrogens with zero attached hydrogens (tertiary/aromatic N) is 1. The van der Waals surface area contributed by atoms with Gasteiger partial charge in [-0.15, -0.1) is 0 Å². The van der Waals surface area contributed by atoms with Gasteiger partial charge in [0, 0.05) is 11.1 Å². The van der Waals surface area contributed by atoms with Crippen LogP contribution < -0.4 is 18.9 Å². The summed E-state index contributed by atoms with van der Waals surface area (Å²) in [4.78, 5) is 18.3. The quantitative estimate of drug-likeness (QED) is 0.269. The summed E-state index contributed by atoms with van der Waals surface area (Å²) in [5.41, 5.74) is 2.52. The first-order valence-corrected chi connectivity index (χ1v) is 10.1. The molecule has 0 aliphatic carbocycles. The van der Waals surface area contributed by atoms with Crippen LogP contribution in [0.4, 0.5) is 0 Å². The molecule has 0 bridgehead atoms. The number of fused-ring (bicyclic) bond motifs is 1. The van der Waals surface area contributed by atoms with E-state index in [2.05, 4.69) is 4.98 Å². The van der Waals surface area contributed by atoms with Gasteiger partial charge in [-0.3, -0.25) is 4.79 Å². The summed E-state index contributed by atoms with van der Waals surface area (Å²) < 4.78 is 27.6. The van der Waals surface area contributed by atoms with Gasteiger partial charge in [-0.1, -0.05) is 30.3 Å². The van der Waals surface area contributed by atoms with Gasteiger partial charge in [0.2, 0.25) is 11.6 Å². The van der Waals surface area contributed by atoms with Crippen molar-refractivity contribution in [3.63, 3.8) is 0 Å². The smallest absolute Gasteiger partial charge is 0.231 e. The maximum absolute atomic E-state index is 13.8. The van der Waals surface area contributed by atoms with E-state index in [1.807, 2.05) is 42.5 Å². The van der Waals surface area contributed by atoms with E-state index in [-0.39, 0.29) is 17.2 Å². The number of rotatable bonds is 8. The largest absolute Gasteiger partial charge is 0.496 e. The Morgan fingerprint density at radius 2 is 1.45 bits per heavy atom. The lowest BCUT2D eigenvalue weighted by Crippen LogP contribution is -2.06. The van der Waals surface area contributed by atoms with Gasteiger partial charge in [0.1, 0.15) is 11.3 Å². The number of carbonyl (C=O) groups is 1. The highest BCUT2D eigenvalue weighted by atomic mass is 16.5. The van der Waals surface area contributed by atoms with Gasteiger partial charge in [-0.05, 0) is 36.4 Å². The molecular formula is C26H23NO6. The number of aromatic nitrogens is 1. The molecule has 0 unspecified atom stereocenters. The Balaban J connectivity index is 1.91. The van der Waals surface area contributed by atoms with E-state index in [0.717, 1.165) is 0 Å². The van der Waals surface area contributed by atoms with E-state index in [0.29, 0.717) is 45.2 Å². The average Bonchev–Trinajstić information content (AvgIpc) is 3.30. The minimum Gasteiger partial charge on any atom is -0.496 e. The van der Waals surface area contributed by atoms with E-state index < -0.39 is 0 Å². The molecule has 0 saturated heterocycles. The molecule has 1 aromatic heterocycles. The first kappa shape index (κ1) is 22.0. The Morgan fingerprint density at radius 3 is 2.09 bits per heavy atom. The number of allylic oxidation sites excluding steroid dienone is 1. The number of para-hydroxylation sites is 3. The number of hydrogen-bond donors (Lipinski definition) is 0. The molecule has 0 saturated carbocycles. The third-order valence-electron chi connectivity index (χ3n) is 5.13. The molecule has 0 spiro atoms. The second-order valence-electron chi connectivity index (χ2n) is 7.03. The van der Waals surface area contributed by atoms with Crippen LogP contribution in [0.3, 0.4) is 0 Å². The second-order valence-corrected chi connectivity index (χ2v) is 7.03. The Labute approximate surface area is 191 Å². The maximum Gasteiger partial charge on any atom is 0.231 e. The van der Waals surface area contributed by atoms with Crippen molar-refractivity contribution in [2.45, 2.75) is 0 Å². The molecule has 7 nitrogen and oxygen atoms in total. The number of methoxy groups -OCH3 is 4. The Hall–Kier alpha value is -4.26. The molecular weight excluding hydrogens is 422 g/mol. The number of Topliss-reactive ketones (excluding diaryl/α,β-unsaturated/α-hetero) is 1. The van der Waals surface area contributed by atoms with Crippen molar-refractivity contribution < 1.29 is 28.2 Å². The number of hydrogen-bond acceptors (Lipinski definition) is 7. The summed E-state index contributed by atoms with van der Waals surface area (Å²) in [6.07, 6.45) is 1.70. The molecule has 1 heterocycles. The Kier molecular flexibility index (Phi) is 6.31. The van der Waals surface area contributed by atoms with Gasteiger partial charge in [0.15, 0.2) is 22.9 Å². The normalized spacial score (nSPS) is 11.3. The summed E-state index contributed by atoms with van der Waals surface area (Å²) in [6, 6.07) is 17.9. The van der Waals surface area contributed by atoms with Crippen molar-refractivity contribution in [3.8, 4) is 23.0 Å². The second kappa shape index (κ2) is 9.48. The zero-order valence-corrected chi connectivity index (χ0v) is 18.7. The zero-order valence-electron chi connectivity index (χ0n) is 18.7. The number of oxazole rings is 1. The van der Waals surface area contributed by atoms with Crippen molar-refractivity contribution >= 4 is 28.5 Å². The minimum atomic E-state index is -0.327. The maximum atomic E-state index is 13.8. The molecule has 7 heteroatoms. The molecule has 33 heavy (non-hydrogen) atoms. The standard InChI is InChI=1S/C26H23NO6/c1-29-20-11-7-5-9-16(20)13-18(26-27-19-10-6-8-12-21(19)33-26)24(28)17-14-22(30-2)25(32-4)23(15-17)31-3/h5-15H,1-4H3. The predicted molar refractivity (Wildman–Crippen MR) is 125 cm³/mol. The molecule has 4 rings (SSSR count). The van der Waals surface area contributed by atoms with Crippen molar-refractivity contribution in [1.82, 2.24) is 4.98 Å². The van der Waals surface area contributed by atoms with Crippen LogP contribution in [0.25, 0.3) is 22.7 Å². The molecule has 0 amide bonds. The molecule has 4 aromatic rings. The fraction of sp³-hybridized carbons (Fsp3) is 0.154. The van der Waals surface area contributed by atoms with Gasteiger partial charge < -0.3 is 23.4 Å². The van der Waals surface area contributed by atoms with Crippen molar-refractivity contribution in [2.75, 3.05) is 28.4 Å². The van der Waals surface area contributed by atoms with Crippen LogP contribution in [0.1, 0.15) is 21.8 Å². The topological polar surface area (TPSA) is 80.0 Å². The third-order valence-corrected chi connectivity index (χ3v) is 5.13. The fourth-order valence-electron chi connectivity index (χ4n) is 3.52. The molecule has 3 aromatic carbocycles. The fourth-order valence-corrected chi connectivity index (χ4v) is 3.52. The van der Waals surface area contributed by atoms with Gasteiger partial charge in [0.25, 0.3) is 0 Å². The van der Waals surface area contributed by atoms with E-state index in [1.165, 1.54) is 21.3 Å². The lowest BCUT2D eigenvalue weighted by molar-refractivity contribution is 0.105. The summed E-state index contributed by atoms with van der Waals surface area (Å²) >= 11 is 0. The van der Waals surface area contributed by atoms with Crippen molar-refractivity contribution in [2.24, 2.45) is 0 Å².